The Labute approximate surface area is 127 Å². The van der Waals surface area contributed by atoms with Crippen molar-refractivity contribution in [2.45, 2.75) is 44.8 Å². The number of anilines is 1. The quantitative estimate of drug-likeness (QED) is 0.887. The molecule has 0 aromatic carbocycles. The van der Waals surface area contributed by atoms with E-state index in [1.165, 1.54) is 0 Å². The van der Waals surface area contributed by atoms with E-state index < -0.39 is 18.1 Å². The average molecular weight is 306 g/mol. The predicted octanol–water partition coefficient (Wildman–Crippen LogP) is 0.824. The van der Waals surface area contributed by atoms with Gasteiger partial charge in [0, 0.05) is 11.8 Å². The summed E-state index contributed by atoms with van der Waals surface area (Å²) in [5, 5.41) is 12.8. The number of rotatable bonds is 2. The molecular weight excluding hydrogens is 287 g/mol. The molecule has 1 amide bonds. The highest BCUT2D eigenvalue weighted by atomic mass is 19.1. The predicted molar refractivity (Wildman–Crippen MR) is 79.3 cm³/mol. The van der Waals surface area contributed by atoms with Gasteiger partial charge in [-0.3, -0.25) is 4.79 Å². The Morgan fingerprint density at radius 2 is 2.09 bits per heavy atom. The number of alkyl halides is 1. The van der Waals surface area contributed by atoms with E-state index in [4.69, 9.17) is 5.73 Å². The smallest absolute Gasteiger partial charge is 0.240 e. The second-order valence-electron chi connectivity index (χ2n) is 6.64. The fraction of sp³-hybridized carbons (Fsp3) is 0.571. The normalized spacial score (nSPS) is 22.5. The largest absolute Gasteiger partial charge is 0.368 e. The summed E-state index contributed by atoms with van der Waals surface area (Å²) in [7, 11) is 0. The number of fused-ring (bicyclic) bond motifs is 1. The molecule has 8 heteroatoms. The Kier molecular flexibility index (Phi) is 3.26. The van der Waals surface area contributed by atoms with Crippen molar-refractivity contribution in [3.8, 4) is 0 Å². The lowest BCUT2D eigenvalue weighted by Gasteiger charge is -2.23. The highest BCUT2D eigenvalue weighted by Gasteiger charge is 2.37. The summed E-state index contributed by atoms with van der Waals surface area (Å²) in [5.41, 5.74) is 5.75. The van der Waals surface area contributed by atoms with Gasteiger partial charge in [0.05, 0.1) is 6.54 Å². The van der Waals surface area contributed by atoms with Crippen molar-refractivity contribution in [1.82, 2.24) is 19.8 Å². The molecule has 22 heavy (non-hydrogen) atoms. The van der Waals surface area contributed by atoms with E-state index in [0.717, 1.165) is 0 Å². The maximum absolute atomic E-state index is 13.7. The molecule has 0 spiro atoms. The molecule has 0 bridgehead atoms. The average Bonchev–Trinajstić information content (AvgIpc) is 3.00. The van der Waals surface area contributed by atoms with Crippen LogP contribution in [0.3, 0.4) is 0 Å². The molecule has 2 aromatic rings. The standard InChI is InChI=1S/C14H19FN6O/c1-14(2,3)13-18-17-10-4-5-11(19-21(10)13)20-7-8(15)6-9(20)12(16)22/h4-5,8-9H,6-7H2,1-3H3,(H2,16,22)/t8-,9+/m1/s1. The second kappa shape index (κ2) is 4.89. The van der Waals surface area contributed by atoms with Crippen LogP contribution in [0.25, 0.3) is 5.65 Å². The van der Waals surface area contributed by atoms with Crippen molar-refractivity contribution >= 4 is 17.4 Å². The van der Waals surface area contributed by atoms with Crippen LogP contribution in [0.2, 0.25) is 0 Å². The fourth-order valence-electron chi connectivity index (χ4n) is 2.71. The first-order valence-electron chi connectivity index (χ1n) is 7.20. The molecule has 0 aliphatic carbocycles. The zero-order chi connectivity index (χ0) is 16.1. The maximum atomic E-state index is 13.7. The molecule has 0 unspecified atom stereocenters. The van der Waals surface area contributed by atoms with Gasteiger partial charge in [0.2, 0.25) is 5.91 Å². The number of amides is 1. The lowest BCUT2D eigenvalue weighted by atomic mass is 9.96. The number of primary amides is 1. The minimum atomic E-state index is -1.09. The summed E-state index contributed by atoms with van der Waals surface area (Å²) >= 11 is 0. The zero-order valence-electron chi connectivity index (χ0n) is 12.8. The van der Waals surface area contributed by atoms with Gasteiger partial charge in [0.15, 0.2) is 17.3 Å². The number of aromatic nitrogens is 4. The Hall–Kier alpha value is -2.25. The molecule has 1 aliphatic rings. The van der Waals surface area contributed by atoms with Crippen LogP contribution in [0, 0.1) is 0 Å². The number of nitrogens with two attached hydrogens (primary N) is 1. The van der Waals surface area contributed by atoms with Crippen molar-refractivity contribution in [3.63, 3.8) is 0 Å². The molecule has 1 saturated heterocycles. The third kappa shape index (κ3) is 2.38. The zero-order valence-corrected chi connectivity index (χ0v) is 12.8. The minimum Gasteiger partial charge on any atom is -0.368 e. The molecule has 2 N–H and O–H groups in total. The van der Waals surface area contributed by atoms with Gasteiger partial charge in [0.25, 0.3) is 0 Å². The molecule has 7 nitrogen and oxygen atoms in total. The third-order valence-corrected chi connectivity index (χ3v) is 3.79. The van der Waals surface area contributed by atoms with Gasteiger partial charge in [0.1, 0.15) is 12.2 Å². The molecular formula is C14H19FN6O. The topological polar surface area (TPSA) is 89.4 Å². The summed E-state index contributed by atoms with van der Waals surface area (Å²) in [6.45, 7) is 6.14. The number of hydrogen-bond acceptors (Lipinski definition) is 5. The van der Waals surface area contributed by atoms with Gasteiger partial charge in [-0.1, -0.05) is 20.8 Å². The maximum Gasteiger partial charge on any atom is 0.240 e. The lowest BCUT2D eigenvalue weighted by molar-refractivity contribution is -0.119. The number of nitrogens with zero attached hydrogens (tertiary/aromatic N) is 5. The summed E-state index contributed by atoms with van der Waals surface area (Å²) < 4.78 is 15.3. The Morgan fingerprint density at radius 3 is 2.73 bits per heavy atom. The SMILES string of the molecule is CC(C)(C)c1nnc2ccc(N3C[C@H](F)C[C@H]3C(N)=O)nn12. The van der Waals surface area contributed by atoms with Crippen LogP contribution in [-0.4, -0.2) is 44.5 Å². The molecule has 1 fully saturated rings. The van der Waals surface area contributed by atoms with E-state index in [9.17, 15) is 9.18 Å². The van der Waals surface area contributed by atoms with E-state index in [1.54, 1.807) is 21.5 Å². The van der Waals surface area contributed by atoms with Crippen molar-refractivity contribution in [3.05, 3.63) is 18.0 Å². The van der Waals surface area contributed by atoms with E-state index in [0.29, 0.717) is 17.3 Å². The Balaban J connectivity index is 2.06. The summed E-state index contributed by atoms with van der Waals surface area (Å²) in [4.78, 5) is 13.1. The molecule has 2 aromatic heterocycles. The van der Waals surface area contributed by atoms with E-state index in [1.807, 2.05) is 20.8 Å². The van der Waals surface area contributed by atoms with Crippen LogP contribution in [0.4, 0.5) is 10.2 Å². The molecule has 3 heterocycles. The molecule has 0 radical (unpaired) electrons. The first-order chi connectivity index (χ1) is 10.3. The van der Waals surface area contributed by atoms with Crippen LogP contribution < -0.4 is 10.6 Å². The van der Waals surface area contributed by atoms with Gasteiger partial charge >= 0.3 is 0 Å². The van der Waals surface area contributed by atoms with Gasteiger partial charge < -0.3 is 10.6 Å². The number of carbonyl (C=O) groups is 1. The van der Waals surface area contributed by atoms with Crippen LogP contribution in [0.15, 0.2) is 12.1 Å². The van der Waals surface area contributed by atoms with Gasteiger partial charge in [-0.05, 0) is 12.1 Å². The Morgan fingerprint density at radius 1 is 1.36 bits per heavy atom. The molecule has 3 rings (SSSR count). The summed E-state index contributed by atoms with van der Waals surface area (Å²) in [6.07, 6.45) is -0.985. The van der Waals surface area contributed by atoms with Gasteiger partial charge in [-0.2, -0.15) is 4.52 Å². The number of carbonyl (C=O) groups excluding carboxylic acids is 1. The fourth-order valence-corrected chi connectivity index (χ4v) is 2.71. The summed E-state index contributed by atoms with van der Waals surface area (Å²) in [5.74, 6) is 0.666. The molecule has 118 valence electrons. The van der Waals surface area contributed by atoms with Crippen molar-refractivity contribution in [1.29, 1.82) is 0 Å². The molecule has 0 saturated carbocycles. The van der Waals surface area contributed by atoms with Crippen LogP contribution in [0.1, 0.15) is 33.0 Å². The van der Waals surface area contributed by atoms with Crippen molar-refractivity contribution in [2.75, 3.05) is 11.4 Å². The van der Waals surface area contributed by atoms with E-state index >= 15 is 0 Å². The van der Waals surface area contributed by atoms with Crippen molar-refractivity contribution < 1.29 is 9.18 Å². The van der Waals surface area contributed by atoms with Crippen LogP contribution in [0.5, 0.6) is 0 Å². The van der Waals surface area contributed by atoms with E-state index in [-0.39, 0.29) is 18.4 Å². The first-order valence-corrected chi connectivity index (χ1v) is 7.20. The molecule has 1 aliphatic heterocycles. The highest BCUT2D eigenvalue weighted by Crippen LogP contribution is 2.27. The third-order valence-electron chi connectivity index (χ3n) is 3.79. The minimum absolute atomic E-state index is 0.101. The van der Waals surface area contributed by atoms with Crippen molar-refractivity contribution in [2.24, 2.45) is 5.73 Å². The van der Waals surface area contributed by atoms with Gasteiger partial charge in [-0.15, -0.1) is 15.3 Å². The summed E-state index contributed by atoms with van der Waals surface area (Å²) in [6, 6.07) is 2.80. The lowest BCUT2D eigenvalue weighted by Crippen LogP contribution is -2.41. The Bertz CT molecular complexity index is 722. The second-order valence-corrected chi connectivity index (χ2v) is 6.64. The molecule has 2 atom stereocenters. The van der Waals surface area contributed by atoms with Crippen LogP contribution in [-0.2, 0) is 10.2 Å². The highest BCUT2D eigenvalue weighted by molar-refractivity contribution is 5.84. The van der Waals surface area contributed by atoms with Crippen LogP contribution >= 0.6 is 0 Å². The monoisotopic (exact) mass is 306 g/mol. The number of hydrogen-bond donors (Lipinski definition) is 1. The number of halogens is 1. The first kappa shape index (κ1) is 14.7. The van der Waals surface area contributed by atoms with Gasteiger partial charge in [-0.25, -0.2) is 4.39 Å². The van der Waals surface area contributed by atoms with E-state index in [2.05, 4.69) is 15.3 Å².